The average molecular weight is 346 g/mol. The quantitative estimate of drug-likeness (QED) is 0.837. The Morgan fingerprint density at radius 3 is 2.36 bits per heavy atom. The van der Waals surface area contributed by atoms with Gasteiger partial charge in [0.1, 0.15) is 5.76 Å². The predicted octanol–water partition coefficient (Wildman–Crippen LogP) is 3.22. The molecule has 0 radical (unpaired) electrons. The minimum atomic E-state index is -0.304. The number of carbonyl (C=O) groups excluding carboxylic acids is 1. The normalized spacial score (nSPS) is 13.6. The van der Waals surface area contributed by atoms with Gasteiger partial charge in [-0.2, -0.15) is 0 Å². The first-order valence-corrected chi connectivity index (χ1v) is 8.26. The van der Waals surface area contributed by atoms with Crippen molar-refractivity contribution < 1.29 is 23.5 Å². The number of nitrogens with zero attached hydrogens (tertiary/aromatic N) is 1. The number of aryl methyl sites for hydroxylation is 1. The Labute approximate surface area is 146 Å². The van der Waals surface area contributed by atoms with Crippen LogP contribution in [-0.2, 0) is 12.8 Å². The molecule has 0 spiro atoms. The van der Waals surface area contributed by atoms with Crippen LogP contribution in [0.15, 0.2) is 16.7 Å². The van der Waals surface area contributed by atoms with Crippen LogP contribution < -0.4 is 19.5 Å². The van der Waals surface area contributed by atoms with E-state index in [2.05, 4.69) is 10.5 Å². The minimum Gasteiger partial charge on any atom is -0.493 e. The van der Waals surface area contributed by atoms with Crippen molar-refractivity contribution in [2.24, 2.45) is 0 Å². The lowest BCUT2D eigenvalue weighted by molar-refractivity contribution is 0.101. The maximum absolute atomic E-state index is 12.7. The second kappa shape index (κ2) is 7.46. The molecule has 3 rings (SSSR count). The number of benzene rings is 1. The van der Waals surface area contributed by atoms with E-state index in [-0.39, 0.29) is 5.91 Å². The highest BCUT2D eigenvalue weighted by molar-refractivity contribution is 6.04. The standard InChI is InChI=1S/C18H22N2O5/c1-22-14-9-11(10-15(23-2)17(14)24-3)19-18(21)16-12-7-5-4-6-8-13(12)25-20-16/h9-10H,4-8H2,1-3H3,(H,19,21). The fourth-order valence-electron chi connectivity index (χ4n) is 3.08. The average Bonchev–Trinajstić information content (AvgIpc) is 2.89. The van der Waals surface area contributed by atoms with Crippen molar-refractivity contribution in [2.45, 2.75) is 32.1 Å². The number of nitrogens with one attached hydrogen (secondary N) is 1. The van der Waals surface area contributed by atoms with Gasteiger partial charge in [-0.15, -0.1) is 0 Å². The summed E-state index contributed by atoms with van der Waals surface area (Å²) in [6.07, 6.45) is 4.89. The molecule has 1 aromatic heterocycles. The Morgan fingerprint density at radius 1 is 1.04 bits per heavy atom. The van der Waals surface area contributed by atoms with Gasteiger partial charge in [0.25, 0.3) is 5.91 Å². The second-order valence-corrected chi connectivity index (χ2v) is 5.86. The van der Waals surface area contributed by atoms with Crippen LogP contribution in [0.3, 0.4) is 0 Å². The van der Waals surface area contributed by atoms with Gasteiger partial charge >= 0.3 is 0 Å². The van der Waals surface area contributed by atoms with Crippen molar-refractivity contribution in [3.63, 3.8) is 0 Å². The van der Waals surface area contributed by atoms with Crippen molar-refractivity contribution in [1.29, 1.82) is 0 Å². The van der Waals surface area contributed by atoms with E-state index >= 15 is 0 Å². The van der Waals surface area contributed by atoms with E-state index in [0.29, 0.717) is 28.6 Å². The van der Waals surface area contributed by atoms with Crippen molar-refractivity contribution >= 4 is 11.6 Å². The highest BCUT2D eigenvalue weighted by Crippen LogP contribution is 2.40. The van der Waals surface area contributed by atoms with Crippen LogP contribution >= 0.6 is 0 Å². The molecule has 25 heavy (non-hydrogen) atoms. The lowest BCUT2D eigenvalue weighted by Gasteiger charge is -2.14. The van der Waals surface area contributed by atoms with E-state index in [9.17, 15) is 4.79 Å². The maximum Gasteiger partial charge on any atom is 0.278 e. The van der Waals surface area contributed by atoms with E-state index in [1.807, 2.05) is 0 Å². The third-order valence-electron chi connectivity index (χ3n) is 4.34. The molecule has 0 unspecified atom stereocenters. The number of hydrogen-bond acceptors (Lipinski definition) is 6. The zero-order valence-electron chi connectivity index (χ0n) is 14.7. The fraction of sp³-hybridized carbons (Fsp3) is 0.444. The maximum atomic E-state index is 12.7. The molecule has 2 aromatic rings. The van der Waals surface area contributed by atoms with E-state index in [1.165, 1.54) is 21.3 Å². The number of fused-ring (bicyclic) bond motifs is 1. The van der Waals surface area contributed by atoms with Gasteiger partial charge in [0.15, 0.2) is 17.2 Å². The number of aromatic nitrogens is 1. The summed E-state index contributed by atoms with van der Waals surface area (Å²) in [5.41, 5.74) is 1.80. The van der Waals surface area contributed by atoms with Crippen molar-refractivity contribution in [1.82, 2.24) is 5.16 Å². The second-order valence-electron chi connectivity index (χ2n) is 5.86. The number of hydrogen-bond donors (Lipinski definition) is 1. The molecular weight excluding hydrogens is 324 g/mol. The topological polar surface area (TPSA) is 82.8 Å². The summed E-state index contributed by atoms with van der Waals surface area (Å²) in [4.78, 5) is 12.7. The van der Waals surface area contributed by atoms with E-state index in [4.69, 9.17) is 18.7 Å². The zero-order chi connectivity index (χ0) is 17.8. The Bertz CT molecular complexity index is 744. The molecule has 0 saturated heterocycles. The van der Waals surface area contributed by atoms with Gasteiger partial charge in [0.05, 0.1) is 21.3 Å². The molecular formula is C18H22N2O5. The number of anilines is 1. The summed E-state index contributed by atoms with van der Waals surface area (Å²) in [6.45, 7) is 0. The molecule has 0 fully saturated rings. The largest absolute Gasteiger partial charge is 0.493 e. The molecule has 0 bridgehead atoms. The van der Waals surface area contributed by atoms with Crippen molar-refractivity contribution in [2.75, 3.05) is 26.6 Å². The highest BCUT2D eigenvalue weighted by atomic mass is 16.5. The Morgan fingerprint density at radius 2 is 1.72 bits per heavy atom. The highest BCUT2D eigenvalue weighted by Gasteiger charge is 2.24. The number of rotatable bonds is 5. The van der Waals surface area contributed by atoms with Crippen LogP contribution in [0.25, 0.3) is 0 Å². The van der Waals surface area contributed by atoms with Gasteiger partial charge in [0.2, 0.25) is 5.75 Å². The molecule has 0 atom stereocenters. The molecule has 134 valence electrons. The van der Waals surface area contributed by atoms with Crippen LogP contribution in [0.2, 0.25) is 0 Å². The molecule has 0 aliphatic heterocycles. The van der Waals surface area contributed by atoms with E-state index < -0.39 is 0 Å². The summed E-state index contributed by atoms with van der Waals surface area (Å²) >= 11 is 0. The van der Waals surface area contributed by atoms with Crippen LogP contribution in [-0.4, -0.2) is 32.4 Å². The van der Waals surface area contributed by atoms with Crippen molar-refractivity contribution in [3.8, 4) is 17.2 Å². The van der Waals surface area contributed by atoms with Gasteiger partial charge in [-0.05, 0) is 19.3 Å². The molecule has 1 aromatic carbocycles. The first-order valence-electron chi connectivity index (χ1n) is 8.26. The fourth-order valence-corrected chi connectivity index (χ4v) is 3.08. The minimum absolute atomic E-state index is 0.304. The molecule has 7 nitrogen and oxygen atoms in total. The lowest BCUT2D eigenvalue weighted by atomic mass is 10.1. The first-order chi connectivity index (χ1) is 12.2. The van der Waals surface area contributed by atoms with Crippen LogP contribution in [0.4, 0.5) is 5.69 Å². The summed E-state index contributed by atoms with van der Waals surface area (Å²) in [5.74, 6) is 1.93. The van der Waals surface area contributed by atoms with Gasteiger partial charge < -0.3 is 24.1 Å². The summed E-state index contributed by atoms with van der Waals surface area (Å²) < 4.78 is 21.3. The number of amides is 1. The molecule has 1 aliphatic carbocycles. The zero-order valence-corrected chi connectivity index (χ0v) is 14.7. The summed E-state index contributed by atoms with van der Waals surface area (Å²) in [7, 11) is 4.59. The van der Waals surface area contributed by atoms with E-state index in [0.717, 1.165) is 43.4 Å². The predicted molar refractivity (Wildman–Crippen MR) is 91.8 cm³/mol. The molecule has 0 saturated carbocycles. The first kappa shape index (κ1) is 17.1. The van der Waals surface area contributed by atoms with Gasteiger partial charge in [-0.3, -0.25) is 4.79 Å². The molecule has 1 heterocycles. The molecule has 1 amide bonds. The third kappa shape index (κ3) is 3.40. The number of carbonyl (C=O) groups is 1. The Hall–Kier alpha value is -2.70. The van der Waals surface area contributed by atoms with Crippen LogP contribution in [0, 0.1) is 0 Å². The Kier molecular flexibility index (Phi) is 5.11. The van der Waals surface area contributed by atoms with E-state index in [1.54, 1.807) is 12.1 Å². The van der Waals surface area contributed by atoms with Crippen LogP contribution in [0.1, 0.15) is 41.1 Å². The SMILES string of the molecule is COc1cc(NC(=O)c2noc3c2CCCCC3)cc(OC)c1OC. The van der Waals surface area contributed by atoms with Gasteiger partial charge in [0, 0.05) is 29.8 Å². The Balaban J connectivity index is 1.87. The third-order valence-corrected chi connectivity index (χ3v) is 4.34. The molecule has 1 N–H and O–H groups in total. The van der Waals surface area contributed by atoms with Gasteiger partial charge in [-0.1, -0.05) is 11.6 Å². The lowest BCUT2D eigenvalue weighted by Crippen LogP contribution is -2.15. The summed E-state index contributed by atoms with van der Waals surface area (Å²) in [5, 5.41) is 6.82. The smallest absolute Gasteiger partial charge is 0.278 e. The number of ether oxygens (including phenoxy) is 3. The van der Waals surface area contributed by atoms with Crippen molar-refractivity contribution in [3.05, 3.63) is 29.2 Å². The van der Waals surface area contributed by atoms with Crippen LogP contribution in [0.5, 0.6) is 17.2 Å². The molecule has 7 heteroatoms. The monoisotopic (exact) mass is 346 g/mol. The summed E-state index contributed by atoms with van der Waals surface area (Å²) in [6, 6.07) is 3.36. The number of methoxy groups -OCH3 is 3. The van der Waals surface area contributed by atoms with Gasteiger partial charge in [-0.25, -0.2) is 0 Å². The molecule has 1 aliphatic rings.